The Labute approximate surface area is 186 Å². The van der Waals surface area contributed by atoms with Crippen LogP contribution in [0.1, 0.15) is 26.7 Å². The second-order valence-corrected chi connectivity index (χ2v) is 7.14. The molecule has 1 fully saturated rings. The maximum atomic E-state index is 12.2. The Morgan fingerprint density at radius 3 is 2.47 bits per heavy atom. The highest BCUT2D eigenvalue weighted by Crippen LogP contribution is 2.25. The first-order valence-corrected chi connectivity index (χ1v) is 10.5. The molecule has 1 aliphatic heterocycles. The number of rotatable bonds is 9. The van der Waals surface area contributed by atoms with Gasteiger partial charge in [0.15, 0.2) is 12.7 Å². The van der Waals surface area contributed by atoms with E-state index in [2.05, 4.69) is 10.9 Å². The van der Waals surface area contributed by atoms with Gasteiger partial charge in [0, 0.05) is 24.7 Å². The number of amides is 3. The van der Waals surface area contributed by atoms with Crippen LogP contribution in [0.4, 0.5) is 5.69 Å². The number of benzene rings is 2. The smallest absolute Gasteiger partial charge is 0.279 e. The van der Waals surface area contributed by atoms with Gasteiger partial charge in [-0.3, -0.25) is 25.2 Å². The first-order valence-electron chi connectivity index (χ1n) is 10.5. The van der Waals surface area contributed by atoms with Gasteiger partial charge in [0.2, 0.25) is 5.91 Å². The molecular weight excluding hydrogens is 414 g/mol. The van der Waals surface area contributed by atoms with Crippen LogP contribution < -0.4 is 30.0 Å². The molecule has 0 spiro atoms. The van der Waals surface area contributed by atoms with Crippen molar-refractivity contribution >= 4 is 23.4 Å². The zero-order chi connectivity index (χ0) is 22.9. The number of ether oxygens (including phenoxy) is 3. The fraction of sp³-hybridized carbons (Fsp3) is 0.348. The normalized spacial score (nSPS) is 13.9. The van der Waals surface area contributed by atoms with Crippen LogP contribution in [0.25, 0.3) is 0 Å². The van der Waals surface area contributed by atoms with Crippen molar-refractivity contribution in [2.24, 2.45) is 0 Å². The minimum absolute atomic E-state index is 0.0733. The molecule has 3 rings (SSSR count). The summed E-state index contributed by atoms with van der Waals surface area (Å²) in [4.78, 5) is 37.8. The molecular formula is C23H27N3O6. The molecule has 32 heavy (non-hydrogen) atoms. The predicted molar refractivity (Wildman–Crippen MR) is 118 cm³/mol. The lowest BCUT2D eigenvalue weighted by molar-refractivity contribution is -0.133. The van der Waals surface area contributed by atoms with Crippen LogP contribution in [-0.2, 0) is 14.4 Å². The van der Waals surface area contributed by atoms with Gasteiger partial charge in [0.05, 0.1) is 6.61 Å². The number of carbonyl (C=O) groups is 3. The number of nitrogens with zero attached hydrogens (tertiary/aromatic N) is 1. The van der Waals surface area contributed by atoms with E-state index in [0.717, 1.165) is 12.1 Å². The third kappa shape index (κ3) is 6.37. The summed E-state index contributed by atoms with van der Waals surface area (Å²) in [7, 11) is 0. The molecule has 1 atom stereocenters. The van der Waals surface area contributed by atoms with E-state index in [1.54, 1.807) is 54.3 Å². The van der Waals surface area contributed by atoms with Crippen LogP contribution in [-0.4, -0.2) is 43.6 Å². The third-order valence-electron chi connectivity index (χ3n) is 4.71. The lowest BCUT2D eigenvalue weighted by Crippen LogP contribution is -2.48. The second kappa shape index (κ2) is 11.0. The molecule has 0 saturated carbocycles. The molecule has 2 aromatic carbocycles. The largest absolute Gasteiger partial charge is 0.494 e. The molecule has 1 aliphatic rings. The Kier molecular flexibility index (Phi) is 7.91. The molecule has 1 saturated heterocycles. The van der Waals surface area contributed by atoms with Crippen molar-refractivity contribution in [1.82, 2.24) is 10.9 Å². The van der Waals surface area contributed by atoms with Crippen molar-refractivity contribution < 1.29 is 28.6 Å². The lowest BCUT2D eigenvalue weighted by Gasteiger charge is -2.17. The number of anilines is 1. The van der Waals surface area contributed by atoms with Crippen LogP contribution in [0.2, 0.25) is 0 Å². The van der Waals surface area contributed by atoms with Gasteiger partial charge in [-0.05, 0) is 56.7 Å². The van der Waals surface area contributed by atoms with E-state index >= 15 is 0 Å². The topological polar surface area (TPSA) is 106 Å². The Balaban J connectivity index is 1.41. The van der Waals surface area contributed by atoms with Gasteiger partial charge in [-0.2, -0.15) is 0 Å². The van der Waals surface area contributed by atoms with E-state index in [0.29, 0.717) is 36.8 Å². The zero-order valence-corrected chi connectivity index (χ0v) is 18.1. The van der Waals surface area contributed by atoms with Crippen molar-refractivity contribution in [2.45, 2.75) is 32.8 Å². The number of hydrazine groups is 1. The number of hydrogen-bond acceptors (Lipinski definition) is 6. The molecule has 0 radical (unpaired) electrons. The Morgan fingerprint density at radius 1 is 1.03 bits per heavy atom. The molecule has 3 amide bonds. The fourth-order valence-corrected chi connectivity index (χ4v) is 3.12. The van der Waals surface area contributed by atoms with Crippen molar-refractivity contribution in [2.75, 3.05) is 24.7 Å². The van der Waals surface area contributed by atoms with E-state index in [4.69, 9.17) is 14.2 Å². The summed E-state index contributed by atoms with van der Waals surface area (Å²) in [5.41, 5.74) is 5.34. The zero-order valence-electron chi connectivity index (χ0n) is 18.1. The van der Waals surface area contributed by atoms with Crippen molar-refractivity contribution in [3.05, 3.63) is 48.5 Å². The highest BCUT2D eigenvalue weighted by molar-refractivity contribution is 5.95. The maximum Gasteiger partial charge on any atom is 0.279 e. The van der Waals surface area contributed by atoms with E-state index in [-0.39, 0.29) is 12.5 Å². The van der Waals surface area contributed by atoms with Gasteiger partial charge in [-0.15, -0.1) is 0 Å². The van der Waals surface area contributed by atoms with Gasteiger partial charge in [-0.1, -0.05) is 6.07 Å². The van der Waals surface area contributed by atoms with E-state index in [1.165, 1.54) is 0 Å². The van der Waals surface area contributed by atoms with Crippen LogP contribution in [0.5, 0.6) is 17.2 Å². The van der Waals surface area contributed by atoms with Gasteiger partial charge in [0.1, 0.15) is 17.2 Å². The quantitative estimate of drug-likeness (QED) is 0.578. The molecule has 2 N–H and O–H groups in total. The summed E-state index contributed by atoms with van der Waals surface area (Å²) in [6, 6.07) is 13.9. The molecule has 9 heteroatoms. The fourth-order valence-electron chi connectivity index (χ4n) is 3.12. The summed E-state index contributed by atoms with van der Waals surface area (Å²) in [6.07, 6.45) is 0.532. The van der Waals surface area contributed by atoms with E-state index < -0.39 is 17.9 Å². The van der Waals surface area contributed by atoms with E-state index in [9.17, 15) is 14.4 Å². The predicted octanol–water partition coefficient (Wildman–Crippen LogP) is 2.21. The van der Waals surface area contributed by atoms with Crippen LogP contribution in [0.15, 0.2) is 48.5 Å². The summed E-state index contributed by atoms with van der Waals surface area (Å²) in [5.74, 6) is 0.694. The van der Waals surface area contributed by atoms with Crippen molar-refractivity contribution in [3.8, 4) is 17.2 Å². The molecule has 2 aromatic rings. The lowest BCUT2D eigenvalue weighted by atomic mass is 10.3. The van der Waals surface area contributed by atoms with Gasteiger partial charge < -0.3 is 19.1 Å². The molecule has 0 aliphatic carbocycles. The monoisotopic (exact) mass is 441 g/mol. The van der Waals surface area contributed by atoms with Crippen LogP contribution in [0.3, 0.4) is 0 Å². The standard InChI is InChI=1S/C23H27N3O6/c1-3-30-18-9-11-19(12-10-18)32-16(2)23(29)25-24-21(27)15-31-20-7-4-6-17(14-20)26-13-5-8-22(26)28/h4,6-7,9-12,14,16H,3,5,8,13,15H2,1-2H3,(H,24,27)(H,25,29). The average molecular weight is 441 g/mol. The van der Waals surface area contributed by atoms with Gasteiger partial charge >= 0.3 is 0 Å². The second-order valence-electron chi connectivity index (χ2n) is 7.14. The first kappa shape index (κ1) is 22.9. The van der Waals surface area contributed by atoms with Crippen LogP contribution in [0, 0.1) is 0 Å². The number of carbonyl (C=O) groups excluding carboxylic acids is 3. The summed E-state index contributed by atoms with van der Waals surface area (Å²) < 4.78 is 16.4. The number of nitrogens with one attached hydrogen (secondary N) is 2. The SMILES string of the molecule is CCOc1ccc(OC(C)C(=O)NNC(=O)COc2cccc(N3CCCC3=O)c2)cc1. The highest BCUT2D eigenvalue weighted by atomic mass is 16.5. The first-order chi connectivity index (χ1) is 15.5. The Bertz CT molecular complexity index is 947. The van der Waals surface area contributed by atoms with Gasteiger partial charge in [0.25, 0.3) is 11.8 Å². The molecule has 170 valence electrons. The van der Waals surface area contributed by atoms with Crippen molar-refractivity contribution in [3.63, 3.8) is 0 Å². The third-order valence-corrected chi connectivity index (χ3v) is 4.71. The highest BCUT2D eigenvalue weighted by Gasteiger charge is 2.22. The minimum Gasteiger partial charge on any atom is -0.494 e. The Hall–Kier alpha value is -3.75. The number of hydrogen-bond donors (Lipinski definition) is 2. The maximum absolute atomic E-state index is 12.2. The minimum atomic E-state index is -0.830. The average Bonchev–Trinajstić information content (AvgIpc) is 3.23. The summed E-state index contributed by atoms with van der Waals surface area (Å²) in [5, 5.41) is 0. The summed E-state index contributed by atoms with van der Waals surface area (Å²) >= 11 is 0. The van der Waals surface area contributed by atoms with Crippen molar-refractivity contribution in [1.29, 1.82) is 0 Å². The summed E-state index contributed by atoms with van der Waals surface area (Å²) in [6.45, 7) is 4.40. The van der Waals surface area contributed by atoms with Crippen LogP contribution >= 0.6 is 0 Å². The molecule has 0 aromatic heterocycles. The van der Waals surface area contributed by atoms with E-state index in [1.807, 2.05) is 13.0 Å². The molecule has 0 bridgehead atoms. The molecule has 1 unspecified atom stereocenters. The van der Waals surface area contributed by atoms with Gasteiger partial charge in [-0.25, -0.2) is 0 Å². The Morgan fingerprint density at radius 2 is 1.78 bits per heavy atom. The molecule has 9 nitrogen and oxygen atoms in total. The molecule has 1 heterocycles.